The Labute approximate surface area is 190 Å². The number of halogens is 1. The Morgan fingerprint density at radius 3 is 2.29 bits per heavy atom. The average molecular weight is 447 g/mol. The Morgan fingerprint density at radius 2 is 1.61 bits per heavy atom. The first-order chi connectivity index (χ1) is 15.1. The smallest absolute Gasteiger partial charge is 0.234 e. The molecule has 3 saturated heterocycles. The van der Waals surface area contributed by atoms with Crippen LogP contribution in [0.5, 0.6) is 0 Å². The normalized spacial score (nSPS) is 22.0. The van der Waals surface area contributed by atoms with Gasteiger partial charge >= 0.3 is 0 Å². The Morgan fingerprint density at radius 1 is 0.968 bits per heavy atom. The summed E-state index contributed by atoms with van der Waals surface area (Å²) in [6.45, 7) is 6.55. The number of piperidine rings is 1. The van der Waals surface area contributed by atoms with Crippen LogP contribution < -0.4 is 5.32 Å². The highest BCUT2D eigenvalue weighted by Crippen LogP contribution is 2.29. The van der Waals surface area contributed by atoms with E-state index in [1.165, 1.54) is 12.8 Å². The molecule has 0 saturated carbocycles. The highest BCUT2D eigenvalue weighted by Gasteiger charge is 2.31. The van der Waals surface area contributed by atoms with Gasteiger partial charge in [0.2, 0.25) is 11.8 Å². The zero-order chi connectivity index (χ0) is 21.6. The number of benzene rings is 1. The molecule has 170 valence electrons. The van der Waals surface area contributed by atoms with E-state index in [1.807, 2.05) is 23.1 Å². The molecule has 0 radical (unpaired) electrons. The first-order valence-electron chi connectivity index (χ1n) is 11.9. The van der Waals surface area contributed by atoms with Crippen molar-refractivity contribution in [2.24, 2.45) is 5.92 Å². The van der Waals surface area contributed by atoms with Gasteiger partial charge in [-0.15, -0.1) is 0 Å². The summed E-state index contributed by atoms with van der Waals surface area (Å²) in [7, 11) is 0. The first kappa shape index (κ1) is 22.6. The molecule has 0 aromatic heterocycles. The fraction of sp³-hybridized carbons (Fsp3) is 0.667. The molecule has 1 aromatic carbocycles. The summed E-state index contributed by atoms with van der Waals surface area (Å²) in [5.74, 6) is 0.521. The second-order valence-corrected chi connectivity index (χ2v) is 9.57. The van der Waals surface area contributed by atoms with Crippen molar-refractivity contribution in [2.45, 2.75) is 44.6 Å². The molecule has 1 atom stereocenters. The number of likely N-dealkylation sites (tertiary alicyclic amines) is 3. The van der Waals surface area contributed by atoms with E-state index in [0.717, 1.165) is 75.5 Å². The van der Waals surface area contributed by atoms with Crippen molar-refractivity contribution in [1.82, 2.24) is 20.0 Å². The van der Waals surface area contributed by atoms with Gasteiger partial charge in [0.05, 0.1) is 12.6 Å². The molecule has 31 heavy (non-hydrogen) atoms. The molecule has 4 rings (SSSR count). The van der Waals surface area contributed by atoms with Crippen LogP contribution in [0.3, 0.4) is 0 Å². The Balaban J connectivity index is 1.25. The molecular formula is C24H35ClN4O2. The molecule has 3 fully saturated rings. The van der Waals surface area contributed by atoms with Gasteiger partial charge in [-0.3, -0.25) is 19.4 Å². The van der Waals surface area contributed by atoms with Gasteiger partial charge < -0.3 is 10.2 Å². The van der Waals surface area contributed by atoms with E-state index in [2.05, 4.69) is 21.2 Å². The van der Waals surface area contributed by atoms with E-state index < -0.39 is 0 Å². The minimum absolute atomic E-state index is 0.0561. The zero-order valence-corrected chi connectivity index (χ0v) is 19.2. The third-order valence-corrected chi connectivity index (χ3v) is 7.40. The second kappa shape index (κ2) is 10.8. The maximum absolute atomic E-state index is 12.7. The van der Waals surface area contributed by atoms with Crippen LogP contribution >= 0.6 is 11.6 Å². The van der Waals surface area contributed by atoms with Crippen molar-refractivity contribution in [1.29, 1.82) is 0 Å². The molecule has 3 heterocycles. The lowest BCUT2D eigenvalue weighted by atomic mass is 9.95. The number of amides is 2. The third-order valence-electron chi connectivity index (χ3n) is 7.06. The van der Waals surface area contributed by atoms with Crippen molar-refractivity contribution in [3.8, 4) is 0 Å². The van der Waals surface area contributed by atoms with Crippen LogP contribution in [0.15, 0.2) is 24.3 Å². The number of carbonyl (C=O) groups is 2. The second-order valence-electron chi connectivity index (χ2n) is 9.17. The van der Waals surface area contributed by atoms with E-state index in [9.17, 15) is 9.59 Å². The molecule has 0 aliphatic carbocycles. The largest absolute Gasteiger partial charge is 0.353 e. The minimum atomic E-state index is 0.0561. The molecule has 3 aliphatic rings. The molecule has 0 spiro atoms. The molecule has 1 N–H and O–H groups in total. The summed E-state index contributed by atoms with van der Waals surface area (Å²) >= 11 is 6.48. The van der Waals surface area contributed by atoms with Crippen LogP contribution in [-0.4, -0.2) is 78.9 Å². The lowest BCUT2D eigenvalue weighted by Gasteiger charge is -2.33. The summed E-state index contributed by atoms with van der Waals surface area (Å²) in [6, 6.07) is 8.07. The van der Waals surface area contributed by atoms with Gasteiger partial charge in [0, 0.05) is 30.6 Å². The molecule has 0 unspecified atom stereocenters. The fourth-order valence-electron chi connectivity index (χ4n) is 5.24. The molecule has 7 heteroatoms. The lowest BCUT2D eigenvalue weighted by molar-refractivity contribution is -0.136. The molecule has 3 aliphatic heterocycles. The standard InChI is InChI=1S/C24H35ClN4O2/c25-21-8-2-1-7-20(21)22(28-11-3-4-12-28)17-26-23(30)18-27-15-9-19(10-16-27)24(31)29-13-5-6-14-29/h1-2,7-8,19,22H,3-6,9-18H2,(H,26,30)/t22-/m0/s1. The first-order valence-corrected chi connectivity index (χ1v) is 12.3. The van der Waals surface area contributed by atoms with Gasteiger partial charge in [0.1, 0.15) is 0 Å². The summed E-state index contributed by atoms with van der Waals surface area (Å²) in [5, 5.41) is 3.92. The van der Waals surface area contributed by atoms with Crippen molar-refractivity contribution < 1.29 is 9.59 Å². The maximum Gasteiger partial charge on any atom is 0.234 e. The van der Waals surface area contributed by atoms with Crippen LogP contribution in [0.2, 0.25) is 5.02 Å². The molecule has 0 bridgehead atoms. The summed E-state index contributed by atoms with van der Waals surface area (Å²) in [4.78, 5) is 31.9. The van der Waals surface area contributed by atoms with Gasteiger partial charge in [-0.2, -0.15) is 0 Å². The average Bonchev–Trinajstić information content (AvgIpc) is 3.50. The Hall–Kier alpha value is -1.63. The summed E-state index contributed by atoms with van der Waals surface area (Å²) in [6.07, 6.45) is 6.38. The molecule has 1 aromatic rings. The van der Waals surface area contributed by atoms with E-state index >= 15 is 0 Å². The van der Waals surface area contributed by atoms with Gasteiger partial charge in [-0.1, -0.05) is 29.8 Å². The van der Waals surface area contributed by atoms with Crippen LogP contribution in [0.4, 0.5) is 0 Å². The Bertz CT molecular complexity index is 754. The number of hydrogen-bond donors (Lipinski definition) is 1. The third kappa shape index (κ3) is 5.79. The Kier molecular flexibility index (Phi) is 7.86. The number of nitrogens with zero attached hydrogens (tertiary/aromatic N) is 3. The zero-order valence-electron chi connectivity index (χ0n) is 18.4. The predicted molar refractivity (Wildman–Crippen MR) is 123 cm³/mol. The van der Waals surface area contributed by atoms with Crippen LogP contribution in [0, 0.1) is 5.92 Å². The van der Waals surface area contributed by atoms with Gasteiger partial charge in [-0.05, 0) is 76.3 Å². The van der Waals surface area contributed by atoms with Crippen LogP contribution in [0.1, 0.15) is 50.1 Å². The number of rotatable bonds is 7. The van der Waals surface area contributed by atoms with Crippen molar-refractivity contribution in [3.05, 3.63) is 34.9 Å². The van der Waals surface area contributed by atoms with E-state index in [4.69, 9.17) is 11.6 Å². The quantitative estimate of drug-likeness (QED) is 0.699. The maximum atomic E-state index is 12.7. The van der Waals surface area contributed by atoms with E-state index in [-0.39, 0.29) is 17.9 Å². The van der Waals surface area contributed by atoms with E-state index in [0.29, 0.717) is 19.0 Å². The van der Waals surface area contributed by atoms with Gasteiger partial charge in [0.25, 0.3) is 0 Å². The monoisotopic (exact) mass is 446 g/mol. The van der Waals surface area contributed by atoms with Gasteiger partial charge in [-0.25, -0.2) is 0 Å². The van der Waals surface area contributed by atoms with Gasteiger partial charge in [0.15, 0.2) is 0 Å². The van der Waals surface area contributed by atoms with Crippen molar-refractivity contribution >= 4 is 23.4 Å². The van der Waals surface area contributed by atoms with Crippen LogP contribution in [0.25, 0.3) is 0 Å². The lowest BCUT2D eigenvalue weighted by Crippen LogP contribution is -2.46. The topological polar surface area (TPSA) is 55.9 Å². The highest BCUT2D eigenvalue weighted by molar-refractivity contribution is 6.31. The van der Waals surface area contributed by atoms with Crippen molar-refractivity contribution in [2.75, 3.05) is 52.4 Å². The van der Waals surface area contributed by atoms with Crippen molar-refractivity contribution in [3.63, 3.8) is 0 Å². The number of hydrogen-bond acceptors (Lipinski definition) is 4. The predicted octanol–water partition coefficient (Wildman–Crippen LogP) is 2.93. The summed E-state index contributed by atoms with van der Waals surface area (Å²) in [5.41, 5.74) is 1.09. The number of carbonyl (C=O) groups excluding carboxylic acids is 2. The molecule has 6 nitrogen and oxygen atoms in total. The minimum Gasteiger partial charge on any atom is -0.353 e. The molecular weight excluding hydrogens is 412 g/mol. The summed E-state index contributed by atoms with van der Waals surface area (Å²) < 4.78 is 0. The highest BCUT2D eigenvalue weighted by atomic mass is 35.5. The number of nitrogens with one attached hydrogen (secondary N) is 1. The van der Waals surface area contributed by atoms with E-state index in [1.54, 1.807) is 0 Å². The molecule has 2 amide bonds. The van der Waals surface area contributed by atoms with Crippen LogP contribution in [-0.2, 0) is 9.59 Å². The SMILES string of the molecule is O=C(CN1CCC(C(=O)N2CCCC2)CC1)NC[C@@H](c1ccccc1Cl)N1CCCC1. The fourth-order valence-corrected chi connectivity index (χ4v) is 5.50.